The molecule has 0 spiro atoms. The molecule has 0 aliphatic carbocycles. The van der Waals surface area contributed by atoms with Gasteiger partial charge in [0.1, 0.15) is 10.9 Å². The van der Waals surface area contributed by atoms with Crippen LogP contribution in [-0.4, -0.2) is 67.7 Å². The molecule has 0 unspecified atom stereocenters. The summed E-state index contributed by atoms with van der Waals surface area (Å²) in [4.78, 5) is 63.7. The number of esters is 1. The SMILES string of the molecule is C[C@H](C(=O)O)c1cccc(NC(=O)NCC(=O)N2[C@H](C(=O)OC(C)(C)C)S[C@@H](C(=O)O)[C@@H]2c2ccccc2)c1. The van der Waals surface area contributed by atoms with E-state index in [1.54, 1.807) is 69.3 Å². The Morgan fingerprint density at radius 1 is 1.03 bits per heavy atom. The van der Waals surface area contributed by atoms with Crippen molar-refractivity contribution in [3.63, 3.8) is 0 Å². The van der Waals surface area contributed by atoms with Crippen molar-refractivity contribution >= 4 is 47.3 Å². The summed E-state index contributed by atoms with van der Waals surface area (Å²) in [6.07, 6.45) is 0. The van der Waals surface area contributed by atoms with Gasteiger partial charge in [-0.05, 0) is 51.0 Å². The largest absolute Gasteiger partial charge is 0.481 e. The number of nitrogens with one attached hydrogen (secondary N) is 2. The van der Waals surface area contributed by atoms with Gasteiger partial charge in [0.05, 0.1) is 18.5 Å². The molecule has 208 valence electrons. The third kappa shape index (κ3) is 7.50. The number of urea groups is 1. The van der Waals surface area contributed by atoms with Crippen LogP contribution in [0.15, 0.2) is 54.6 Å². The van der Waals surface area contributed by atoms with Crippen LogP contribution in [-0.2, 0) is 23.9 Å². The molecule has 1 fully saturated rings. The van der Waals surface area contributed by atoms with Gasteiger partial charge in [0.25, 0.3) is 0 Å². The Balaban J connectivity index is 1.81. The van der Waals surface area contributed by atoms with E-state index in [2.05, 4.69) is 10.6 Å². The number of carboxylic acids is 2. The van der Waals surface area contributed by atoms with Crippen LogP contribution in [0.4, 0.5) is 10.5 Å². The molecule has 12 heteroatoms. The highest BCUT2D eigenvalue weighted by atomic mass is 32.2. The lowest BCUT2D eigenvalue weighted by Gasteiger charge is -2.31. The molecule has 1 aliphatic heterocycles. The normalized spacial score (nSPS) is 19.6. The fourth-order valence-electron chi connectivity index (χ4n) is 4.01. The minimum absolute atomic E-state index is 0.321. The van der Waals surface area contributed by atoms with Gasteiger partial charge in [0, 0.05) is 5.69 Å². The maximum absolute atomic E-state index is 13.5. The molecule has 3 amide bonds. The summed E-state index contributed by atoms with van der Waals surface area (Å²) in [5, 5.41) is 21.7. The monoisotopic (exact) mass is 557 g/mol. The Hall–Kier alpha value is -4.06. The van der Waals surface area contributed by atoms with E-state index in [1.807, 2.05) is 0 Å². The number of carbonyl (C=O) groups is 5. The summed E-state index contributed by atoms with van der Waals surface area (Å²) in [5.74, 6) is -4.44. The molecule has 0 radical (unpaired) electrons. The third-order valence-corrected chi connectivity index (χ3v) is 7.24. The van der Waals surface area contributed by atoms with E-state index >= 15 is 0 Å². The average molecular weight is 558 g/mol. The maximum Gasteiger partial charge on any atom is 0.340 e. The molecule has 2 aromatic carbocycles. The number of hydrogen-bond acceptors (Lipinski definition) is 7. The number of amides is 3. The summed E-state index contributed by atoms with van der Waals surface area (Å²) in [6, 6.07) is 13.1. The van der Waals surface area contributed by atoms with E-state index in [9.17, 15) is 34.2 Å². The first-order chi connectivity index (χ1) is 18.3. The van der Waals surface area contributed by atoms with Crippen molar-refractivity contribution in [2.75, 3.05) is 11.9 Å². The smallest absolute Gasteiger partial charge is 0.340 e. The van der Waals surface area contributed by atoms with Crippen LogP contribution in [0, 0.1) is 0 Å². The predicted octanol–water partition coefficient (Wildman–Crippen LogP) is 3.43. The van der Waals surface area contributed by atoms with Gasteiger partial charge in [0.2, 0.25) is 5.91 Å². The van der Waals surface area contributed by atoms with E-state index in [0.717, 1.165) is 16.7 Å². The summed E-state index contributed by atoms with van der Waals surface area (Å²) in [7, 11) is 0. The maximum atomic E-state index is 13.5. The summed E-state index contributed by atoms with van der Waals surface area (Å²) in [5.41, 5.74) is 0.449. The number of carbonyl (C=O) groups excluding carboxylic acids is 3. The van der Waals surface area contributed by atoms with Gasteiger partial charge >= 0.3 is 23.9 Å². The molecule has 39 heavy (non-hydrogen) atoms. The van der Waals surface area contributed by atoms with Crippen LogP contribution >= 0.6 is 11.8 Å². The van der Waals surface area contributed by atoms with Crippen LogP contribution in [0.5, 0.6) is 0 Å². The van der Waals surface area contributed by atoms with Crippen molar-refractivity contribution in [3.05, 3.63) is 65.7 Å². The molecule has 11 nitrogen and oxygen atoms in total. The highest BCUT2D eigenvalue weighted by Gasteiger charge is 2.52. The van der Waals surface area contributed by atoms with Gasteiger partial charge in [-0.3, -0.25) is 14.4 Å². The van der Waals surface area contributed by atoms with Gasteiger partial charge in [-0.1, -0.05) is 42.5 Å². The van der Waals surface area contributed by atoms with Crippen molar-refractivity contribution in [3.8, 4) is 0 Å². The molecule has 0 aromatic heterocycles. The molecular weight excluding hydrogens is 526 g/mol. The molecule has 3 rings (SSSR count). The summed E-state index contributed by atoms with van der Waals surface area (Å²) in [6.45, 7) is 5.98. The molecule has 1 aliphatic rings. The van der Waals surface area contributed by atoms with Crippen molar-refractivity contribution in [1.29, 1.82) is 0 Å². The van der Waals surface area contributed by atoms with E-state index in [4.69, 9.17) is 4.74 Å². The first kappa shape index (κ1) is 29.5. The van der Waals surface area contributed by atoms with Crippen LogP contribution < -0.4 is 10.6 Å². The van der Waals surface area contributed by atoms with Crippen molar-refractivity contribution in [2.45, 2.75) is 55.9 Å². The Kier molecular flexibility index (Phi) is 9.23. The first-order valence-corrected chi connectivity index (χ1v) is 13.1. The van der Waals surface area contributed by atoms with Crippen LogP contribution in [0.1, 0.15) is 50.8 Å². The Labute approximate surface area is 229 Å². The molecule has 4 atom stereocenters. The fourth-order valence-corrected chi connectivity index (χ4v) is 5.38. The van der Waals surface area contributed by atoms with Crippen molar-refractivity contribution < 1.29 is 38.9 Å². The van der Waals surface area contributed by atoms with E-state index in [0.29, 0.717) is 16.8 Å². The third-order valence-electron chi connectivity index (χ3n) is 5.81. The Morgan fingerprint density at radius 2 is 1.69 bits per heavy atom. The number of ether oxygens (including phenoxy) is 1. The van der Waals surface area contributed by atoms with Crippen molar-refractivity contribution in [1.82, 2.24) is 10.2 Å². The molecule has 4 N–H and O–H groups in total. The molecule has 0 bridgehead atoms. The number of aliphatic carboxylic acids is 2. The Morgan fingerprint density at radius 3 is 2.28 bits per heavy atom. The van der Waals surface area contributed by atoms with E-state index in [-0.39, 0.29) is 0 Å². The van der Waals surface area contributed by atoms with Crippen molar-refractivity contribution in [2.24, 2.45) is 0 Å². The van der Waals surface area contributed by atoms with Gasteiger partial charge in [-0.2, -0.15) is 0 Å². The zero-order valence-electron chi connectivity index (χ0n) is 21.9. The molecule has 2 aromatic rings. The fraction of sp³-hybridized carbons (Fsp3) is 0.370. The second-order valence-corrected chi connectivity index (χ2v) is 11.2. The quantitative estimate of drug-likeness (QED) is 0.356. The highest BCUT2D eigenvalue weighted by molar-refractivity contribution is 8.02. The molecule has 1 heterocycles. The molecule has 1 saturated heterocycles. The van der Waals surface area contributed by atoms with Crippen LogP contribution in [0.25, 0.3) is 0 Å². The van der Waals surface area contributed by atoms with Crippen LogP contribution in [0.3, 0.4) is 0 Å². The second kappa shape index (κ2) is 12.2. The average Bonchev–Trinajstić information content (AvgIpc) is 3.28. The topological polar surface area (TPSA) is 162 Å². The number of nitrogens with zero attached hydrogens (tertiary/aromatic N) is 1. The number of thioether (sulfide) groups is 1. The van der Waals surface area contributed by atoms with Crippen LogP contribution in [0.2, 0.25) is 0 Å². The molecular formula is C27H31N3O8S. The lowest BCUT2D eigenvalue weighted by Crippen LogP contribution is -2.48. The van der Waals surface area contributed by atoms with Gasteiger partial charge < -0.3 is 30.5 Å². The second-order valence-electron chi connectivity index (χ2n) is 9.93. The lowest BCUT2D eigenvalue weighted by atomic mass is 10.0. The Bertz CT molecular complexity index is 1250. The predicted molar refractivity (Wildman–Crippen MR) is 144 cm³/mol. The lowest BCUT2D eigenvalue weighted by molar-refractivity contribution is -0.161. The minimum Gasteiger partial charge on any atom is -0.481 e. The molecule has 0 saturated carbocycles. The van der Waals surface area contributed by atoms with Gasteiger partial charge in [-0.15, -0.1) is 11.8 Å². The minimum atomic E-state index is -1.25. The van der Waals surface area contributed by atoms with E-state index in [1.165, 1.54) is 13.0 Å². The number of anilines is 1. The number of carboxylic acid groups (broad SMARTS) is 2. The zero-order chi connectivity index (χ0) is 28.9. The number of hydrogen-bond donors (Lipinski definition) is 4. The highest BCUT2D eigenvalue weighted by Crippen LogP contribution is 2.45. The summed E-state index contributed by atoms with van der Waals surface area (Å²) >= 11 is 0.805. The number of benzene rings is 2. The standard InChI is InChI=1S/C27H31N3O8S/c1-15(23(32)33)17-11-8-12-18(13-17)29-26(37)28-14-19(31)30-20(16-9-6-5-7-10-16)21(24(34)35)39-22(30)25(36)38-27(2,3)4/h5-13,15,20-22H,14H2,1-4H3,(H,32,33)(H,34,35)(H2,28,29,37)/t15-,20-,21+,22-/m0/s1. The van der Waals surface area contributed by atoms with Gasteiger partial charge in [0.15, 0.2) is 5.37 Å². The van der Waals surface area contributed by atoms with E-state index < -0.39 is 64.6 Å². The zero-order valence-corrected chi connectivity index (χ0v) is 22.7. The van der Waals surface area contributed by atoms with Gasteiger partial charge in [-0.25, -0.2) is 9.59 Å². The first-order valence-electron chi connectivity index (χ1n) is 12.1. The number of rotatable bonds is 8. The summed E-state index contributed by atoms with van der Waals surface area (Å²) < 4.78 is 5.48.